The highest BCUT2D eigenvalue weighted by Gasteiger charge is 2.60. The molecule has 0 radical (unpaired) electrons. The standard InChI is InChI=1S/C20H21F2N3O4/c1-10-7-29-17-14-11(16(26)12(18(27)28)6-25(10)14)5-13(21)15(17)24-8-19(22)3-2-4-20(19,23)9-24/h5-6,10H,2-4,7-9,23H2,1H3,(H,27,28)/t10?,19-,20+/m0/s1. The van der Waals surface area contributed by atoms with Crippen molar-refractivity contribution in [3.8, 4) is 5.75 Å². The van der Waals surface area contributed by atoms with Crippen LogP contribution in [0.5, 0.6) is 5.75 Å². The normalized spacial score (nSPS) is 30.5. The van der Waals surface area contributed by atoms with Gasteiger partial charge >= 0.3 is 5.97 Å². The summed E-state index contributed by atoms with van der Waals surface area (Å²) in [7, 11) is 0. The number of hydrogen-bond donors (Lipinski definition) is 2. The number of aromatic carboxylic acids is 1. The lowest BCUT2D eigenvalue weighted by Gasteiger charge is -2.31. The van der Waals surface area contributed by atoms with Crippen LogP contribution in [0.1, 0.15) is 42.6 Å². The molecule has 1 aliphatic carbocycles. The highest BCUT2D eigenvalue weighted by atomic mass is 19.1. The predicted molar refractivity (Wildman–Crippen MR) is 102 cm³/mol. The number of alkyl halides is 1. The first kappa shape index (κ1) is 18.4. The molecule has 154 valence electrons. The zero-order chi connectivity index (χ0) is 20.7. The van der Waals surface area contributed by atoms with Gasteiger partial charge in [-0.3, -0.25) is 4.79 Å². The molecular weight excluding hydrogens is 384 g/mol. The van der Waals surface area contributed by atoms with Gasteiger partial charge in [0, 0.05) is 12.7 Å². The fourth-order valence-electron chi connectivity index (χ4n) is 5.13. The van der Waals surface area contributed by atoms with Crippen molar-refractivity contribution >= 4 is 22.6 Å². The zero-order valence-electron chi connectivity index (χ0n) is 15.9. The summed E-state index contributed by atoms with van der Waals surface area (Å²) in [4.78, 5) is 25.7. The fourth-order valence-corrected chi connectivity index (χ4v) is 5.13. The number of carboxylic acids is 1. The van der Waals surface area contributed by atoms with Crippen LogP contribution in [0.4, 0.5) is 14.5 Å². The Balaban J connectivity index is 1.76. The number of anilines is 1. The number of hydrogen-bond acceptors (Lipinski definition) is 5. The largest absolute Gasteiger partial charge is 0.487 e. The van der Waals surface area contributed by atoms with E-state index in [-0.39, 0.29) is 42.6 Å². The van der Waals surface area contributed by atoms with E-state index in [0.717, 1.165) is 6.07 Å². The smallest absolute Gasteiger partial charge is 0.341 e. The molecule has 3 heterocycles. The lowest BCUT2D eigenvalue weighted by atomic mass is 9.89. The molecule has 2 fully saturated rings. The van der Waals surface area contributed by atoms with Gasteiger partial charge in [-0.15, -0.1) is 0 Å². The number of halogens is 2. The zero-order valence-corrected chi connectivity index (χ0v) is 15.9. The van der Waals surface area contributed by atoms with Gasteiger partial charge in [-0.2, -0.15) is 0 Å². The van der Waals surface area contributed by atoms with Crippen LogP contribution in [0.3, 0.4) is 0 Å². The van der Waals surface area contributed by atoms with Crippen molar-refractivity contribution in [1.29, 1.82) is 0 Å². The number of pyridine rings is 1. The van der Waals surface area contributed by atoms with Gasteiger partial charge in [-0.25, -0.2) is 13.6 Å². The van der Waals surface area contributed by atoms with Crippen LogP contribution in [0.15, 0.2) is 17.1 Å². The first-order chi connectivity index (χ1) is 13.7. The van der Waals surface area contributed by atoms with E-state index in [1.165, 1.54) is 6.20 Å². The lowest BCUT2D eigenvalue weighted by molar-refractivity contribution is 0.0694. The molecule has 0 spiro atoms. The van der Waals surface area contributed by atoms with Crippen molar-refractivity contribution in [3.63, 3.8) is 0 Å². The summed E-state index contributed by atoms with van der Waals surface area (Å²) in [5, 5.41) is 9.30. The summed E-state index contributed by atoms with van der Waals surface area (Å²) >= 11 is 0. The fraction of sp³-hybridized carbons (Fsp3) is 0.500. The van der Waals surface area contributed by atoms with Gasteiger partial charge in [0.05, 0.1) is 29.0 Å². The summed E-state index contributed by atoms with van der Waals surface area (Å²) in [6.07, 6.45) is 2.81. The van der Waals surface area contributed by atoms with E-state index in [2.05, 4.69) is 0 Å². The summed E-state index contributed by atoms with van der Waals surface area (Å²) in [6.45, 7) is 2.08. The highest BCUT2D eigenvalue weighted by Crippen LogP contribution is 2.50. The average Bonchev–Trinajstić information content (AvgIpc) is 3.06. The van der Waals surface area contributed by atoms with E-state index in [9.17, 15) is 14.7 Å². The summed E-state index contributed by atoms with van der Waals surface area (Å²) in [5.74, 6) is -1.98. The van der Waals surface area contributed by atoms with Gasteiger partial charge < -0.3 is 25.0 Å². The molecule has 3 N–H and O–H groups in total. The molecule has 7 nitrogen and oxygen atoms in total. The number of ether oxygens (including phenoxy) is 1. The molecule has 3 aliphatic rings. The summed E-state index contributed by atoms with van der Waals surface area (Å²) < 4.78 is 38.1. The molecule has 0 bridgehead atoms. The average molecular weight is 405 g/mol. The van der Waals surface area contributed by atoms with E-state index in [1.54, 1.807) is 9.47 Å². The van der Waals surface area contributed by atoms with Crippen LogP contribution in [-0.4, -0.2) is 46.5 Å². The van der Waals surface area contributed by atoms with E-state index in [1.807, 2.05) is 6.92 Å². The van der Waals surface area contributed by atoms with Gasteiger partial charge in [0.1, 0.15) is 23.5 Å². The molecule has 9 heteroatoms. The molecule has 1 saturated carbocycles. The Kier molecular flexibility index (Phi) is 3.60. The van der Waals surface area contributed by atoms with Crippen molar-refractivity contribution in [2.24, 2.45) is 5.73 Å². The number of nitrogens with two attached hydrogens (primary N) is 1. The Morgan fingerprint density at radius 3 is 2.83 bits per heavy atom. The third-order valence-electron chi connectivity index (χ3n) is 6.69. The molecule has 0 amide bonds. The molecule has 5 rings (SSSR count). The van der Waals surface area contributed by atoms with Crippen molar-refractivity contribution in [2.45, 2.75) is 43.4 Å². The Labute approximate surface area is 164 Å². The van der Waals surface area contributed by atoms with Crippen LogP contribution >= 0.6 is 0 Å². The molecule has 29 heavy (non-hydrogen) atoms. The predicted octanol–water partition coefficient (Wildman–Crippen LogP) is 2.20. The van der Waals surface area contributed by atoms with Crippen LogP contribution in [0.25, 0.3) is 10.9 Å². The first-order valence-corrected chi connectivity index (χ1v) is 9.65. The molecule has 1 aromatic carbocycles. The van der Waals surface area contributed by atoms with E-state index < -0.39 is 34.0 Å². The lowest BCUT2D eigenvalue weighted by Crippen LogP contribution is -2.53. The van der Waals surface area contributed by atoms with Crippen LogP contribution in [0.2, 0.25) is 0 Å². The monoisotopic (exact) mass is 405 g/mol. The Morgan fingerprint density at radius 1 is 1.38 bits per heavy atom. The van der Waals surface area contributed by atoms with Gasteiger partial charge in [-0.05, 0) is 32.3 Å². The van der Waals surface area contributed by atoms with Crippen molar-refractivity contribution < 1.29 is 23.4 Å². The molecule has 2 aromatic rings. The maximum absolute atomic E-state index is 15.4. The van der Waals surface area contributed by atoms with Crippen LogP contribution < -0.4 is 20.8 Å². The molecular formula is C20H21F2N3O4. The highest BCUT2D eigenvalue weighted by molar-refractivity contribution is 5.97. The third-order valence-corrected chi connectivity index (χ3v) is 6.69. The molecule has 1 unspecified atom stereocenters. The minimum atomic E-state index is -1.60. The number of carboxylic acid groups (broad SMARTS) is 1. The second-order valence-electron chi connectivity index (χ2n) is 8.51. The maximum atomic E-state index is 15.4. The second kappa shape index (κ2) is 5.69. The van der Waals surface area contributed by atoms with Gasteiger partial charge in [0.2, 0.25) is 5.43 Å². The van der Waals surface area contributed by atoms with Gasteiger partial charge in [-0.1, -0.05) is 0 Å². The van der Waals surface area contributed by atoms with E-state index in [4.69, 9.17) is 10.5 Å². The van der Waals surface area contributed by atoms with Gasteiger partial charge in [0.15, 0.2) is 11.6 Å². The van der Waals surface area contributed by atoms with Crippen LogP contribution in [-0.2, 0) is 0 Å². The Morgan fingerprint density at radius 2 is 2.14 bits per heavy atom. The summed E-state index contributed by atoms with van der Waals surface area (Å²) in [6, 6.07) is 0.775. The summed E-state index contributed by atoms with van der Waals surface area (Å²) in [5.41, 5.74) is 2.88. The number of nitrogens with zero attached hydrogens (tertiary/aromatic N) is 2. The Hall–Kier alpha value is -2.68. The second-order valence-corrected chi connectivity index (χ2v) is 8.51. The van der Waals surface area contributed by atoms with Crippen molar-refractivity contribution in [3.05, 3.63) is 33.9 Å². The Bertz CT molecular complexity index is 1120. The van der Waals surface area contributed by atoms with Crippen molar-refractivity contribution in [2.75, 3.05) is 24.6 Å². The van der Waals surface area contributed by atoms with Gasteiger partial charge in [0.25, 0.3) is 0 Å². The number of rotatable bonds is 2. The third kappa shape index (κ3) is 2.30. The maximum Gasteiger partial charge on any atom is 0.341 e. The van der Waals surface area contributed by atoms with Crippen molar-refractivity contribution in [1.82, 2.24) is 4.57 Å². The topological polar surface area (TPSA) is 97.8 Å². The number of benzene rings is 1. The number of aromatic nitrogens is 1. The quantitative estimate of drug-likeness (QED) is 0.795. The number of carbonyl (C=O) groups is 1. The van der Waals surface area contributed by atoms with Crippen LogP contribution in [0, 0.1) is 5.82 Å². The minimum absolute atomic E-state index is 0.0463. The first-order valence-electron chi connectivity index (χ1n) is 9.65. The molecule has 1 saturated heterocycles. The molecule has 1 aromatic heterocycles. The molecule has 3 atom stereocenters. The number of fused-ring (bicyclic) bond motifs is 1. The van der Waals surface area contributed by atoms with E-state index in [0.29, 0.717) is 24.8 Å². The minimum Gasteiger partial charge on any atom is -0.487 e. The molecule has 2 aliphatic heterocycles. The van der Waals surface area contributed by atoms with E-state index >= 15 is 8.78 Å². The SMILES string of the molecule is CC1COc2c(N3C[C@]4(N)CCC[C@]4(F)C3)c(F)cc3c(=O)c(C(=O)O)cn1c23.